The van der Waals surface area contributed by atoms with Gasteiger partial charge >= 0.3 is 0 Å². The summed E-state index contributed by atoms with van der Waals surface area (Å²) in [5.74, 6) is 0. The Hall–Kier alpha value is -3.00. The first-order chi connectivity index (χ1) is 15.4. The first-order valence-electron chi connectivity index (χ1n) is 10.7. The number of nitrogens with zero attached hydrogens (tertiary/aromatic N) is 1. The minimum Gasteiger partial charge on any atom is -1.00 e. The Morgan fingerprint density at radius 1 is 0.697 bits per heavy atom. The van der Waals surface area contributed by atoms with Gasteiger partial charge in [-0.05, 0) is 68.8 Å². The highest BCUT2D eigenvalue weighted by molar-refractivity contribution is 7.95. The van der Waals surface area contributed by atoms with E-state index in [9.17, 15) is 10.1 Å². The van der Waals surface area contributed by atoms with E-state index < -0.39 is 7.26 Å². The van der Waals surface area contributed by atoms with Gasteiger partial charge in [0.05, 0.1) is 11.1 Å². The van der Waals surface area contributed by atoms with Crippen molar-refractivity contribution in [1.82, 2.24) is 0 Å². The standard InChI is InChI=1S/C28H27NO2P.ClH/c1-21-19-22(2)28(29(30)31)23(3)27(21)20-32(24-13-7-4-8-14-24,25-15-9-5-10-16-25)26-17-11-6-12-18-26;/h4-19H,20H2,1-3H3;1H/q+1;/p-1. The molecule has 0 spiro atoms. The van der Waals surface area contributed by atoms with Crippen molar-refractivity contribution in [2.75, 3.05) is 0 Å². The normalized spacial score (nSPS) is 11.0. The molecule has 0 fully saturated rings. The number of benzene rings is 4. The maximum Gasteiger partial charge on any atom is 0.275 e. The van der Waals surface area contributed by atoms with Gasteiger partial charge < -0.3 is 12.4 Å². The highest BCUT2D eigenvalue weighted by Crippen LogP contribution is 2.59. The average Bonchev–Trinajstić information content (AvgIpc) is 2.81. The van der Waals surface area contributed by atoms with Gasteiger partial charge in [0.15, 0.2) is 0 Å². The molecule has 0 saturated heterocycles. The fraction of sp³-hybridized carbons (Fsp3) is 0.143. The van der Waals surface area contributed by atoms with Crippen LogP contribution in [0.1, 0.15) is 22.3 Å². The van der Waals surface area contributed by atoms with Crippen molar-refractivity contribution in [3.63, 3.8) is 0 Å². The fourth-order valence-electron chi connectivity index (χ4n) is 4.74. The number of rotatable bonds is 6. The molecule has 4 aromatic rings. The lowest BCUT2D eigenvalue weighted by Crippen LogP contribution is -3.00. The molecule has 5 heteroatoms. The smallest absolute Gasteiger partial charge is 0.275 e. The number of hydrogen-bond acceptors (Lipinski definition) is 2. The van der Waals surface area contributed by atoms with Crippen LogP contribution in [-0.2, 0) is 6.16 Å². The molecule has 0 amide bonds. The van der Waals surface area contributed by atoms with Gasteiger partial charge in [-0.25, -0.2) is 0 Å². The molecular weight excluding hydrogens is 449 g/mol. The van der Waals surface area contributed by atoms with Crippen LogP contribution in [-0.4, -0.2) is 4.92 Å². The third kappa shape index (κ3) is 4.57. The molecule has 0 aliphatic rings. The van der Waals surface area contributed by atoms with E-state index in [2.05, 4.69) is 79.7 Å². The summed E-state index contributed by atoms with van der Waals surface area (Å²) in [5.41, 5.74) is 3.92. The van der Waals surface area contributed by atoms with Gasteiger partial charge in [-0.15, -0.1) is 0 Å². The molecule has 0 radical (unpaired) electrons. The lowest BCUT2D eigenvalue weighted by Gasteiger charge is -2.29. The molecule has 0 saturated carbocycles. The maximum absolute atomic E-state index is 11.9. The fourth-order valence-corrected chi connectivity index (χ4v) is 9.19. The van der Waals surface area contributed by atoms with E-state index in [1.54, 1.807) is 0 Å². The third-order valence-electron chi connectivity index (χ3n) is 6.26. The highest BCUT2D eigenvalue weighted by Gasteiger charge is 2.46. The second kappa shape index (κ2) is 10.3. The third-order valence-corrected chi connectivity index (χ3v) is 10.6. The summed E-state index contributed by atoms with van der Waals surface area (Å²) in [6, 6.07) is 33.9. The predicted octanol–water partition coefficient (Wildman–Crippen LogP) is 3.02. The molecule has 0 N–H and O–H groups in total. The van der Waals surface area contributed by atoms with Gasteiger partial charge in [0.2, 0.25) is 0 Å². The first-order valence-corrected chi connectivity index (χ1v) is 12.7. The van der Waals surface area contributed by atoms with Gasteiger partial charge in [0.1, 0.15) is 23.2 Å². The topological polar surface area (TPSA) is 43.1 Å². The van der Waals surface area contributed by atoms with Crippen LogP contribution in [0.5, 0.6) is 0 Å². The second-order valence-electron chi connectivity index (χ2n) is 8.19. The van der Waals surface area contributed by atoms with E-state index in [4.69, 9.17) is 0 Å². The van der Waals surface area contributed by atoms with Crippen LogP contribution in [0.4, 0.5) is 5.69 Å². The molecule has 0 atom stereocenters. The molecule has 33 heavy (non-hydrogen) atoms. The average molecular weight is 476 g/mol. The molecule has 0 aliphatic heterocycles. The van der Waals surface area contributed by atoms with Crippen LogP contribution in [0.25, 0.3) is 0 Å². The molecular formula is C28H27ClNO2P. The number of aryl methyl sites for hydroxylation is 2. The quantitative estimate of drug-likeness (QED) is 0.244. The zero-order valence-corrected chi connectivity index (χ0v) is 20.7. The molecule has 0 bridgehead atoms. The predicted molar refractivity (Wildman–Crippen MR) is 136 cm³/mol. The van der Waals surface area contributed by atoms with E-state index in [-0.39, 0.29) is 23.0 Å². The molecule has 3 nitrogen and oxygen atoms in total. The summed E-state index contributed by atoms with van der Waals surface area (Å²) in [6.45, 7) is 5.81. The van der Waals surface area contributed by atoms with Crippen LogP contribution in [0.3, 0.4) is 0 Å². The maximum atomic E-state index is 11.9. The number of nitro benzene ring substituents is 1. The van der Waals surface area contributed by atoms with Gasteiger partial charge in [-0.3, -0.25) is 10.1 Å². The zero-order chi connectivity index (χ0) is 22.7. The Balaban J connectivity index is 0.00000306. The van der Waals surface area contributed by atoms with Crippen molar-refractivity contribution in [2.45, 2.75) is 26.9 Å². The van der Waals surface area contributed by atoms with Gasteiger partial charge in [0.25, 0.3) is 5.69 Å². The van der Waals surface area contributed by atoms with Crippen molar-refractivity contribution < 1.29 is 17.3 Å². The van der Waals surface area contributed by atoms with Gasteiger partial charge in [-0.2, -0.15) is 0 Å². The van der Waals surface area contributed by atoms with Crippen molar-refractivity contribution in [3.8, 4) is 0 Å². The van der Waals surface area contributed by atoms with Crippen LogP contribution in [0.15, 0.2) is 97.1 Å². The van der Waals surface area contributed by atoms with Crippen molar-refractivity contribution >= 4 is 28.9 Å². The number of nitro groups is 1. The summed E-state index contributed by atoms with van der Waals surface area (Å²) in [4.78, 5) is 11.7. The lowest BCUT2D eigenvalue weighted by atomic mass is 9.98. The summed E-state index contributed by atoms with van der Waals surface area (Å²) >= 11 is 0. The van der Waals surface area contributed by atoms with E-state index in [1.807, 2.05) is 38.1 Å². The minimum atomic E-state index is -2.12. The van der Waals surface area contributed by atoms with Crippen molar-refractivity contribution in [3.05, 3.63) is 129 Å². The van der Waals surface area contributed by atoms with Crippen LogP contribution in [0.2, 0.25) is 0 Å². The Bertz CT molecular complexity index is 1150. The monoisotopic (exact) mass is 475 g/mol. The molecule has 4 rings (SSSR count). The number of halogens is 1. The molecule has 0 heterocycles. The molecule has 0 aliphatic carbocycles. The summed E-state index contributed by atoms with van der Waals surface area (Å²) in [7, 11) is -2.12. The van der Waals surface area contributed by atoms with E-state index in [0.717, 1.165) is 28.4 Å². The van der Waals surface area contributed by atoms with Crippen molar-refractivity contribution in [2.24, 2.45) is 0 Å². The highest BCUT2D eigenvalue weighted by atomic mass is 35.5. The van der Waals surface area contributed by atoms with Crippen LogP contribution >= 0.6 is 7.26 Å². The SMILES string of the molecule is Cc1cc(C)c([N+](=O)[O-])c(C)c1C[P+](c1ccccc1)(c1ccccc1)c1ccccc1.[Cl-]. The van der Waals surface area contributed by atoms with E-state index >= 15 is 0 Å². The summed E-state index contributed by atoms with van der Waals surface area (Å²) in [6.07, 6.45) is 0.740. The van der Waals surface area contributed by atoms with Crippen LogP contribution < -0.4 is 28.3 Å². The van der Waals surface area contributed by atoms with E-state index in [1.165, 1.54) is 15.9 Å². The Morgan fingerprint density at radius 2 is 1.09 bits per heavy atom. The zero-order valence-electron chi connectivity index (χ0n) is 19.0. The van der Waals surface area contributed by atoms with Gasteiger partial charge in [-0.1, -0.05) is 54.6 Å². The molecule has 4 aromatic carbocycles. The molecule has 168 valence electrons. The Labute approximate surface area is 202 Å². The Morgan fingerprint density at radius 3 is 1.45 bits per heavy atom. The molecule has 0 aromatic heterocycles. The summed E-state index contributed by atoms with van der Waals surface area (Å²) < 4.78 is 0. The second-order valence-corrected chi connectivity index (χ2v) is 11.7. The van der Waals surface area contributed by atoms with E-state index in [0.29, 0.717) is 0 Å². The largest absolute Gasteiger partial charge is 1.00 e. The number of hydrogen-bond donors (Lipinski definition) is 0. The van der Waals surface area contributed by atoms with Gasteiger partial charge in [0, 0.05) is 16.7 Å². The lowest BCUT2D eigenvalue weighted by molar-refractivity contribution is -0.386. The first kappa shape index (κ1) is 24.6. The molecule has 0 unspecified atom stereocenters. The van der Waals surface area contributed by atoms with Crippen molar-refractivity contribution in [1.29, 1.82) is 0 Å². The van der Waals surface area contributed by atoms with Crippen LogP contribution in [0, 0.1) is 30.9 Å². The Kier molecular flexibility index (Phi) is 7.68. The summed E-state index contributed by atoms with van der Waals surface area (Å²) in [5, 5.41) is 15.7. The minimum absolute atomic E-state index is 0.